The molecule has 1 aliphatic rings. The van der Waals surface area contributed by atoms with Crippen LogP contribution in [0.5, 0.6) is 11.5 Å². The van der Waals surface area contributed by atoms with Gasteiger partial charge in [-0.25, -0.2) is 8.42 Å². The Morgan fingerprint density at radius 2 is 1.85 bits per heavy atom. The first-order valence-corrected chi connectivity index (χ1v) is 15.8. The minimum absolute atomic E-state index is 0.0191. The number of ether oxygens (including phenoxy) is 3. The molecule has 7 nitrogen and oxygen atoms in total. The first kappa shape index (κ1) is 30.8. The van der Waals surface area contributed by atoms with Gasteiger partial charge in [0, 0.05) is 48.7 Å². The highest BCUT2D eigenvalue weighted by Crippen LogP contribution is 2.40. The molecule has 1 heterocycles. The number of carbonyl (C=O) groups is 1. The fraction of sp³-hybridized carbons (Fsp3) is 0.290. The molecule has 0 amide bonds. The average molecular weight is 617 g/mol. The molecule has 0 saturated carbocycles. The summed E-state index contributed by atoms with van der Waals surface area (Å²) in [7, 11) is -3.43. The predicted molar refractivity (Wildman–Crippen MR) is 161 cm³/mol. The van der Waals surface area contributed by atoms with Gasteiger partial charge in [-0.3, -0.25) is 9.78 Å². The monoisotopic (exact) mass is 615 g/mol. The standard InChI is InChI=1S/C31H31Cl2NO6S/c1-22-27(24-8-4-3-5-9-24)10-6-11-31(22,40-13-7-12-32)21-39-30-16-29(25(19-35)15-28(30)33)38-20-23-14-26(18-34-17-23)41(2,36)37/h3-6,8-11,14-19,22H,7,12-13,20-21H2,1-2H3. The Kier molecular flexibility index (Phi) is 10.3. The first-order chi connectivity index (χ1) is 19.7. The maximum Gasteiger partial charge on any atom is 0.177 e. The van der Waals surface area contributed by atoms with E-state index >= 15 is 0 Å². The second-order valence-corrected chi connectivity index (χ2v) is 12.5. The van der Waals surface area contributed by atoms with Gasteiger partial charge >= 0.3 is 0 Å². The molecule has 0 spiro atoms. The van der Waals surface area contributed by atoms with E-state index in [1.165, 1.54) is 24.5 Å². The van der Waals surface area contributed by atoms with E-state index in [0.717, 1.165) is 17.4 Å². The second kappa shape index (κ2) is 13.7. The van der Waals surface area contributed by atoms with Crippen LogP contribution < -0.4 is 9.47 Å². The van der Waals surface area contributed by atoms with E-state index in [2.05, 4.69) is 30.1 Å². The largest absolute Gasteiger partial charge is 0.489 e. The summed E-state index contributed by atoms with van der Waals surface area (Å²) < 4.78 is 42.4. The van der Waals surface area contributed by atoms with Gasteiger partial charge in [-0.2, -0.15) is 0 Å². The molecule has 3 aromatic rings. The molecular formula is C31H31Cl2NO6S. The van der Waals surface area contributed by atoms with Crippen LogP contribution in [0.1, 0.15) is 34.8 Å². The molecule has 2 aromatic carbocycles. The summed E-state index contributed by atoms with van der Waals surface area (Å²) in [6.45, 7) is 2.65. The molecular weight excluding hydrogens is 585 g/mol. The molecule has 216 valence electrons. The number of rotatable bonds is 13. The van der Waals surface area contributed by atoms with Crippen LogP contribution >= 0.6 is 23.2 Å². The lowest BCUT2D eigenvalue weighted by Gasteiger charge is -2.39. The molecule has 0 bridgehead atoms. The Morgan fingerprint density at radius 3 is 2.56 bits per heavy atom. The van der Waals surface area contributed by atoms with Gasteiger partial charge < -0.3 is 14.2 Å². The third-order valence-electron chi connectivity index (χ3n) is 6.85. The number of pyridine rings is 1. The molecule has 4 rings (SSSR count). The van der Waals surface area contributed by atoms with Gasteiger partial charge in [0.1, 0.15) is 30.3 Å². The van der Waals surface area contributed by atoms with Crippen molar-refractivity contribution in [1.29, 1.82) is 0 Å². The van der Waals surface area contributed by atoms with Crippen molar-refractivity contribution in [3.8, 4) is 11.5 Å². The van der Waals surface area contributed by atoms with Crippen LogP contribution in [0.15, 0.2) is 84.0 Å². The van der Waals surface area contributed by atoms with Crippen molar-refractivity contribution >= 4 is 44.9 Å². The molecule has 10 heteroatoms. The van der Waals surface area contributed by atoms with Gasteiger partial charge in [0.05, 0.1) is 15.5 Å². The highest BCUT2D eigenvalue weighted by Gasteiger charge is 2.40. The lowest BCUT2D eigenvalue weighted by atomic mass is 9.77. The fourth-order valence-electron chi connectivity index (χ4n) is 4.52. The Balaban J connectivity index is 1.57. The number of nitrogens with zero attached hydrogens (tertiary/aromatic N) is 1. The van der Waals surface area contributed by atoms with Gasteiger partial charge in [0.15, 0.2) is 16.1 Å². The van der Waals surface area contributed by atoms with Crippen LogP contribution in [0.3, 0.4) is 0 Å². The van der Waals surface area contributed by atoms with E-state index in [9.17, 15) is 13.2 Å². The minimum Gasteiger partial charge on any atom is -0.489 e. The first-order valence-electron chi connectivity index (χ1n) is 13.0. The number of carbonyl (C=O) groups excluding carboxylic acids is 1. The maximum atomic E-state index is 11.9. The van der Waals surface area contributed by atoms with Gasteiger partial charge in [0.25, 0.3) is 0 Å². The number of aldehydes is 1. The maximum absolute atomic E-state index is 11.9. The van der Waals surface area contributed by atoms with E-state index in [1.807, 2.05) is 30.4 Å². The topological polar surface area (TPSA) is 91.8 Å². The number of aromatic nitrogens is 1. The average Bonchev–Trinajstić information content (AvgIpc) is 2.97. The summed E-state index contributed by atoms with van der Waals surface area (Å²) in [5.74, 6) is 0.951. The highest BCUT2D eigenvalue weighted by atomic mass is 35.5. The molecule has 1 aliphatic carbocycles. The zero-order valence-electron chi connectivity index (χ0n) is 22.8. The van der Waals surface area contributed by atoms with Crippen LogP contribution in [0.25, 0.3) is 5.57 Å². The van der Waals surface area contributed by atoms with Crippen LogP contribution in [0.2, 0.25) is 5.02 Å². The third-order valence-corrected chi connectivity index (χ3v) is 8.49. The van der Waals surface area contributed by atoms with E-state index in [4.69, 9.17) is 37.4 Å². The number of hydrogen-bond acceptors (Lipinski definition) is 7. The van der Waals surface area contributed by atoms with Crippen LogP contribution in [-0.2, 0) is 21.2 Å². The van der Waals surface area contributed by atoms with Gasteiger partial charge in [-0.05, 0) is 35.8 Å². The molecule has 1 aromatic heterocycles. The fourth-order valence-corrected chi connectivity index (χ4v) is 5.48. The minimum atomic E-state index is -3.43. The quantitative estimate of drug-likeness (QED) is 0.122. The predicted octanol–water partition coefficient (Wildman–Crippen LogP) is 6.58. The SMILES string of the molecule is CC1C(c2ccccc2)=CC=CC1(COc1cc(OCc2cncc(S(C)(=O)=O)c2)c(C=O)cc1Cl)OCCCCl. The zero-order chi connectivity index (χ0) is 29.5. The number of alkyl halides is 1. The molecule has 0 fully saturated rings. The number of halogens is 2. The summed E-state index contributed by atoms with van der Waals surface area (Å²) >= 11 is 12.5. The summed E-state index contributed by atoms with van der Waals surface area (Å²) in [4.78, 5) is 15.8. The molecule has 0 aliphatic heterocycles. The molecule has 0 radical (unpaired) electrons. The third kappa shape index (κ3) is 7.57. The van der Waals surface area contributed by atoms with Crippen molar-refractivity contribution < 1.29 is 27.4 Å². The summed E-state index contributed by atoms with van der Waals surface area (Å²) in [5, 5.41) is 0.238. The summed E-state index contributed by atoms with van der Waals surface area (Å²) in [6.07, 6.45) is 11.2. The van der Waals surface area contributed by atoms with Crippen molar-refractivity contribution in [3.05, 3.63) is 101 Å². The molecule has 2 atom stereocenters. The summed E-state index contributed by atoms with van der Waals surface area (Å²) in [5.41, 5.74) is 2.14. The molecule has 2 unspecified atom stereocenters. The Bertz CT molecular complexity index is 1540. The number of benzene rings is 2. The van der Waals surface area contributed by atoms with E-state index < -0.39 is 15.4 Å². The number of sulfone groups is 1. The van der Waals surface area contributed by atoms with E-state index in [-0.39, 0.29) is 40.4 Å². The smallest absolute Gasteiger partial charge is 0.177 e. The molecule has 0 saturated heterocycles. The van der Waals surface area contributed by atoms with Crippen molar-refractivity contribution in [2.45, 2.75) is 30.4 Å². The van der Waals surface area contributed by atoms with Crippen molar-refractivity contribution in [2.75, 3.05) is 25.3 Å². The Hall–Kier alpha value is -3.17. The van der Waals surface area contributed by atoms with Crippen LogP contribution in [0.4, 0.5) is 0 Å². The number of allylic oxidation sites excluding steroid dienone is 2. The lowest BCUT2D eigenvalue weighted by Crippen LogP contribution is -2.45. The van der Waals surface area contributed by atoms with E-state index in [1.54, 1.807) is 6.07 Å². The van der Waals surface area contributed by atoms with Crippen LogP contribution in [-0.4, -0.2) is 50.6 Å². The van der Waals surface area contributed by atoms with Gasteiger partial charge in [-0.1, -0.05) is 61.0 Å². The Labute approximate surface area is 250 Å². The summed E-state index contributed by atoms with van der Waals surface area (Å²) in [6, 6.07) is 14.6. The van der Waals surface area contributed by atoms with Crippen molar-refractivity contribution in [2.24, 2.45) is 5.92 Å². The normalized spacial score (nSPS) is 18.5. The zero-order valence-corrected chi connectivity index (χ0v) is 25.1. The molecule has 41 heavy (non-hydrogen) atoms. The molecule has 0 N–H and O–H groups in total. The van der Waals surface area contributed by atoms with Gasteiger partial charge in [0.2, 0.25) is 0 Å². The van der Waals surface area contributed by atoms with E-state index in [0.29, 0.717) is 36.5 Å². The second-order valence-electron chi connectivity index (χ2n) is 9.73. The van der Waals surface area contributed by atoms with Crippen LogP contribution in [0, 0.1) is 5.92 Å². The Morgan fingerprint density at radius 1 is 1.07 bits per heavy atom. The van der Waals surface area contributed by atoms with Gasteiger partial charge in [-0.15, -0.1) is 11.6 Å². The number of hydrogen-bond donors (Lipinski definition) is 0. The lowest BCUT2D eigenvalue weighted by molar-refractivity contribution is -0.0591. The van der Waals surface area contributed by atoms with Crippen molar-refractivity contribution in [3.63, 3.8) is 0 Å². The van der Waals surface area contributed by atoms with Crippen molar-refractivity contribution in [1.82, 2.24) is 4.98 Å². The highest BCUT2D eigenvalue weighted by molar-refractivity contribution is 7.90.